The molecular weight excluding hydrogens is 389 g/mol. The van der Waals surface area contributed by atoms with Crippen LogP contribution in [-0.2, 0) is 10.1 Å². The Morgan fingerprint density at radius 3 is 1.48 bits per heavy atom. The SMILES string of the molecule is C#CCC(CCCF)S(=O)(=O)[O-].CCCC[N+](CCCC)(CCCC)CCCC. The van der Waals surface area contributed by atoms with E-state index in [-0.39, 0.29) is 19.3 Å². The van der Waals surface area contributed by atoms with E-state index in [2.05, 4.69) is 33.6 Å². The maximum absolute atomic E-state index is 11.6. The summed E-state index contributed by atoms with van der Waals surface area (Å²) in [5, 5.41) is -1.13. The first kappa shape index (κ1) is 30.6. The summed E-state index contributed by atoms with van der Waals surface area (Å²) in [5.74, 6) is 2.08. The first-order chi connectivity index (χ1) is 13.8. The first-order valence-corrected chi connectivity index (χ1v) is 13.0. The van der Waals surface area contributed by atoms with Crippen molar-refractivity contribution in [3.63, 3.8) is 0 Å². The normalized spacial score (nSPS) is 12.7. The van der Waals surface area contributed by atoms with Crippen LogP contribution in [0.1, 0.15) is 98.3 Å². The van der Waals surface area contributed by atoms with E-state index in [1.165, 1.54) is 82.0 Å². The fourth-order valence-electron chi connectivity index (χ4n) is 3.43. The van der Waals surface area contributed by atoms with Crippen LogP contribution in [0.25, 0.3) is 0 Å². The Balaban J connectivity index is 0. The largest absolute Gasteiger partial charge is 0.748 e. The molecule has 0 aromatic carbocycles. The van der Waals surface area contributed by atoms with Crippen LogP contribution >= 0.6 is 0 Å². The standard InChI is InChI=1S/C16H36N.C7H11FO3S/c1-5-9-13-17(14-10-6-2,15-11-7-3)16-12-8-4;1-2-4-7(5-3-6-8)12(9,10)11/h5-16H2,1-4H3;1,7H,3-6H2,(H,9,10,11)/q+1;/p-1. The lowest BCUT2D eigenvalue weighted by Gasteiger charge is -2.39. The number of terminal acetylenes is 1. The van der Waals surface area contributed by atoms with Gasteiger partial charge in [-0.15, -0.1) is 12.3 Å². The van der Waals surface area contributed by atoms with E-state index in [4.69, 9.17) is 6.42 Å². The first-order valence-electron chi connectivity index (χ1n) is 11.6. The van der Waals surface area contributed by atoms with Crippen LogP contribution in [0, 0.1) is 12.3 Å². The van der Waals surface area contributed by atoms with Crippen LogP contribution in [0.15, 0.2) is 0 Å². The van der Waals surface area contributed by atoms with Crippen LogP contribution in [-0.4, -0.2) is 55.6 Å². The van der Waals surface area contributed by atoms with Gasteiger partial charge in [-0.05, 0) is 38.5 Å². The maximum atomic E-state index is 11.6. The second-order valence-electron chi connectivity index (χ2n) is 8.00. The molecule has 0 amide bonds. The van der Waals surface area contributed by atoms with E-state index < -0.39 is 22.0 Å². The summed E-state index contributed by atoms with van der Waals surface area (Å²) in [5.41, 5.74) is 0. The summed E-state index contributed by atoms with van der Waals surface area (Å²) in [6.07, 6.45) is 15.8. The predicted molar refractivity (Wildman–Crippen MR) is 122 cm³/mol. The third-order valence-electron chi connectivity index (χ3n) is 5.36. The van der Waals surface area contributed by atoms with Gasteiger partial charge in [-0.2, -0.15) is 0 Å². The average molecular weight is 436 g/mol. The van der Waals surface area contributed by atoms with Crippen molar-refractivity contribution in [2.24, 2.45) is 0 Å². The van der Waals surface area contributed by atoms with Gasteiger partial charge < -0.3 is 9.04 Å². The topological polar surface area (TPSA) is 57.2 Å². The van der Waals surface area contributed by atoms with Crippen LogP contribution in [0.3, 0.4) is 0 Å². The molecule has 1 atom stereocenters. The van der Waals surface area contributed by atoms with Gasteiger partial charge in [-0.25, -0.2) is 8.42 Å². The molecular formula is C23H46FNO3S. The van der Waals surface area contributed by atoms with Gasteiger partial charge in [0.05, 0.1) is 48.2 Å². The van der Waals surface area contributed by atoms with Crippen molar-refractivity contribution in [3.8, 4) is 12.3 Å². The van der Waals surface area contributed by atoms with Gasteiger partial charge in [0.2, 0.25) is 0 Å². The number of nitrogens with zero attached hydrogens (tertiary/aromatic N) is 1. The van der Waals surface area contributed by atoms with E-state index in [0.717, 1.165) is 0 Å². The second kappa shape index (κ2) is 19.3. The highest BCUT2D eigenvalue weighted by Gasteiger charge is 2.24. The molecule has 0 heterocycles. The van der Waals surface area contributed by atoms with E-state index in [0.29, 0.717) is 0 Å². The molecule has 0 rings (SSSR count). The van der Waals surface area contributed by atoms with Crippen molar-refractivity contribution < 1.29 is 21.8 Å². The summed E-state index contributed by atoms with van der Waals surface area (Å²) in [7, 11) is -4.36. The fourth-order valence-corrected chi connectivity index (χ4v) is 4.19. The maximum Gasteiger partial charge on any atom is 0.0984 e. The minimum atomic E-state index is -4.36. The second-order valence-corrected chi connectivity index (χ2v) is 9.66. The highest BCUT2D eigenvalue weighted by atomic mass is 32.2. The van der Waals surface area contributed by atoms with Gasteiger partial charge in [0, 0.05) is 6.42 Å². The number of unbranched alkanes of at least 4 members (excludes halogenated alkanes) is 4. The molecule has 0 spiro atoms. The van der Waals surface area contributed by atoms with Crippen LogP contribution in [0.5, 0.6) is 0 Å². The monoisotopic (exact) mass is 435 g/mol. The molecule has 0 aromatic rings. The molecule has 0 saturated heterocycles. The summed E-state index contributed by atoms with van der Waals surface area (Å²) in [6, 6.07) is 0. The lowest BCUT2D eigenvalue weighted by atomic mass is 10.1. The zero-order chi connectivity index (χ0) is 22.6. The summed E-state index contributed by atoms with van der Waals surface area (Å²) >= 11 is 0. The van der Waals surface area contributed by atoms with Crippen LogP contribution < -0.4 is 0 Å². The van der Waals surface area contributed by atoms with Crippen molar-refractivity contribution in [2.75, 3.05) is 32.9 Å². The molecule has 0 aliphatic carbocycles. The molecule has 0 aliphatic rings. The molecule has 0 aromatic heterocycles. The molecule has 174 valence electrons. The van der Waals surface area contributed by atoms with Crippen LogP contribution in [0.4, 0.5) is 4.39 Å². The zero-order valence-corrected chi connectivity index (χ0v) is 20.2. The van der Waals surface area contributed by atoms with E-state index in [9.17, 15) is 17.4 Å². The molecule has 0 aliphatic heterocycles. The number of quaternary nitrogens is 1. The van der Waals surface area contributed by atoms with E-state index >= 15 is 0 Å². The van der Waals surface area contributed by atoms with E-state index in [1.54, 1.807) is 0 Å². The highest BCUT2D eigenvalue weighted by molar-refractivity contribution is 7.86. The van der Waals surface area contributed by atoms with Gasteiger partial charge in [0.15, 0.2) is 0 Å². The van der Waals surface area contributed by atoms with Crippen molar-refractivity contribution in [3.05, 3.63) is 0 Å². The lowest BCUT2D eigenvalue weighted by molar-refractivity contribution is -0.929. The molecule has 0 N–H and O–H groups in total. The Morgan fingerprint density at radius 2 is 1.24 bits per heavy atom. The Hall–Kier alpha value is -0.640. The van der Waals surface area contributed by atoms with E-state index in [1.807, 2.05) is 0 Å². The molecule has 0 bridgehead atoms. The number of alkyl halides is 1. The number of hydrogen-bond donors (Lipinski definition) is 0. The summed E-state index contributed by atoms with van der Waals surface area (Å²) < 4.78 is 44.4. The summed E-state index contributed by atoms with van der Waals surface area (Å²) in [6.45, 7) is 14.4. The minimum Gasteiger partial charge on any atom is -0.748 e. The van der Waals surface area contributed by atoms with Crippen LogP contribution in [0.2, 0.25) is 0 Å². The van der Waals surface area contributed by atoms with Gasteiger partial charge in [0.1, 0.15) is 0 Å². The Morgan fingerprint density at radius 1 is 0.862 bits per heavy atom. The Kier molecular flexibility index (Phi) is 20.4. The Bertz CT molecular complexity index is 465. The lowest BCUT2D eigenvalue weighted by Crippen LogP contribution is -2.50. The molecule has 0 radical (unpaired) electrons. The van der Waals surface area contributed by atoms with Gasteiger partial charge in [0.25, 0.3) is 0 Å². The van der Waals surface area contributed by atoms with Crippen molar-refractivity contribution in [1.29, 1.82) is 0 Å². The minimum absolute atomic E-state index is 0.00648. The third kappa shape index (κ3) is 16.8. The summed E-state index contributed by atoms with van der Waals surface area (Å²) in [4.78, 5) is 0. The van der Waals surface area contributed by atoms with Gasteiger partial charge in [-0.3, -0.25) is 4.39 Å². The highest BCUT2D eigenvalue weighted by Crippen LogP contribution is 2.16. The van der Waals surface area contributed by atoms with Crippen molar-refractivity contribution >= 4 is 10.1 Å². The van der Waals surface area contributed by atoms with Crippen molar-refractivity contribution in [1.82, 2.24) is 0 Å². The van der Waals surface area contributed by atoms with Gasteiger partial charge >= 0.3 is 0 Å². The van der Waals surface area contributed by atoms with Gasteiger partial charge in [-0.1, -0.05) is 53.4 Å². The molecule has 1 unspecified atom stereocenters. The quantitative estimate of drug-likeness (QED) is 0.168. The number of rotatable bonds is 17. The molecule has 4 nitrogen and oxygen atoms in total. The zero-order valence-electron chi connectivity index (χ0n) is 19.4. The molecule has 0 saturated carbocycles. The Labute approximate surface area is 181 Å². The molecule has 6 heteroatoms. The average Bonchev–Trinajstić information content (AvgIpc) is 2.69. The number of halogens is 1. The predicted octanol–water partition coefficient (Wildman–Crippen LogP) is 5.68. The van der Waals surface area contributed by atoms with Crippen molar-refractivity contribution in [2.45, 2.75) is 104 Å². The fraction of sp³-hybridized carbons (Fsp3) is 0.913. The smallest absolute Gasteiger partial charge is 0.0984 e. The number of hydrogen-bond acceptors (Lipinski definition) is 3. The molecule has 0 fully saturated rings. The third-order valence-corrected chi connectivity index (χ3v) is 6.58. The molecule has 29 heavy (non-hydrogen) atoms.